The fraction of sp³-hybridized carbons (Fsp3) is 0.286. The third-order valence-electron chi connectivity index (χ3n) is 2.71. The van der Waals surface area contributed by atoms with Gasteiger partial charge in [0.2, 0.25) is 5.91 Å². The van der Waals surface area contributed by atoms with E-state index in [0.717, 1.165) is 5.56 Å². The van der Waals surface area contributed by atoms with E-state index >= 15 is 0 Å². The summed E-state index contributed by atoms with van der Waals surface area (Å²) in [5, 5.41) is 2.57. The molecule has 2 rings (SSSR count). The molecule has 0 radical (unpaired) electrons. The van der Waals surface area contributed by atoms with Crippen LogP contribution in [0.25, 0.3) is 6.08 Å². The highest BCUT2D eigenvalue weighted by molar-refractivity contribution is 5.88. The van der Waals surface area contributed by atoms with Crippen molar-refractivity contribution in [3.05, 3.63) is 42.0 Å². The molecule has 1 saturated heterocycles. The number of amides is 1. The molecular formula is C14H15NO3. The van der Waals surface area contributed by atoms with E-state index in [2.05, 4.69) is 5.32 Å². The first kappa shape index (κ1) is 12.4. The fourth-order valence-corrected chi connectivity index (χ4v) is 1.77. The van der Waals surface area contributed by atoms with Gasteiger partial charge in [0.25, 0.3) is 0 Å². The van der Waals surface area contributed by atoms with Gasteiger partial charge in [-0.2, -0.15) is 0 Å². The lowest BCUT2D eigenvalue weighted by atomic mass is 10.2. The predicted molar refractivity (Wildman–Crippen MR) is 67.6 cm³/mol. The van der Waals surface area contributed by atoms with Crippen LogP contribution in [0.15, 0.2) is 36.4 Å². The van der Waals surface area contributed by atoms with Gasteiger partial charge >= 0.3 is 5.97 Å². The summed E-state index contributed by atoms with van der Waals surface area (Å²) < 4.78 is 5.06. The zero-order valence-corrected chi connectivity index (χ0v) is 9.96. The molecule has 1 aliphatic rings. The molecule has 1 aromatic rings. The van der Waals surface area contributed by atoms with Crippen molar-refractivity contribution in [3.63, 3.8) is 0 Å². The van der Waals surface area contributed by atoms with E-state index in [1.54, 1.807) is 6.08 Å². The van der Waals surface area contributed by atoms with Crippen LogP contribution in [0.5, 0.6) is 0 Å². The first-order valence-electron chi connectivity index (χ1n) is 5.93. The van der Waals surface area contributed by atoms with Gasteiger partial charge in [0.1, 0.15) is 12.6 Å². The molecule has 0 spiro atoms. The smallest absolute Gasteiger partial charge is 0.328 e. The van der Waals surface area contributed by atoms with Crippen molar-refractivity contribution in [3.8, 4) is 0 Å². The summed E-state index contributed by atoms with van der Waals surface area (Å²) in [7, 11) is 0. The normalized spacial score (nSPS) is 18.9. The molecule has 1 atom stereocenters. The molecule has 4 heteroatoms. The zero-order chi connectivity index (χ0) is 12.8. The van der Waals surface area contributed by atoms with Gasteiger partial charge in [-0.3, -0.25) is 4.79 Å². The number of carbonyl (C=O) groups is 2. The van der Waals surface area contributed by atoms with Crippen LogP contribution in [0.4, 0.5) is 0 Å². The van der Waals surface area contributed by atoms with Crippen molar-refractivity contribution in [1.82, 2.24) is 5.32 Å². The lowest BCUT2D eigenvalue weighted by molar-refractivity contribution is -0.145. The molecule has 94 valence electrons. The fourth-order valence-electron chi connectivity index (χ4n) is 1.77. The number of hydrogen-bond acceptors (Lipinski definition) is 3. The molecule has 1 fully saturated rings. The molecule has 1 N–H and O–H groups in total. The first-order chi connectivity index (χ1) is 8.75. The number of rotatable bonds is 4. The van der Waals surface area contributed by atoms with Gasteiger partial charge in [0.05, 0.1) is 0 Å². The molecule has 1 aromatic carbocycles. The van der Waals surface area contributed by atoms with Gasteiger partial charge in [-0.15, -0.1) is 0 Å². The third kappa shape index (κ3) is 3.45. The highest BCUT2D eigenvalue weighted by Gasteiger charge is 2.27. The highest BCUT2D eigenvalue weighted by atomic mass is 16.5. The SMILES string of the molecule is O=C1CC[C@@H](C(=O)OC/C=C/c2ccccc2)N1. The third-order valence-corrected chi connectivity index (χ3v) is 2.71. The van der Waals surface area contributed by atoms with E-state index in [1.165, 1.54) is 0 Å². The maximum atomic E-state index is 11.5. The predicted octanol–water partition coefficient (Wildman–Crippen LogP) is 1.52. The molecule has 1 heterocycles. The second kappa shape index (κ2) is 6.00. The summed E-state index contributed by atoms with van der Waals surface area (Å²) in [4.78, 5) is 22.5. The molecule has 0 aliphatic carbocycles. The van der Waals surface area contributed by atoms with Crippen LogP contribution in [0.1, 0.15) is 18.4 Å². The minimum Gasteiger partial charge on any atom is -0.460 e. The van der Waals surface area contributed by atoms with E-state index in [9.17, 15) is 9.59 Å². The van der Waals surface area contributed by atoms with Gasteiger partial charge in [0, 0.05) is 6.42 Å². The van der Waals surface area contributed by atoms with Gasteiger partial charge in [-0.05, 0) is 18.1 Å². The molecule has 0 saturated carbocycles. The van der Waals surface area contributed by atoms with E-state index in [-0.39, 0.29) is 18.5 Å². The topological polar surface area (TPSA) is 55.4 Å². The van der Waals surface area contributed by atoms with Crippen LogP contribution in [0.2, 0.25) is 0 Å². The monoisotopic (exact) mass is 245 g/mol. The quantitative estimate of drug-likeness (QED) is 0.818. The Morgan fingerprint density at radius 1 is 1.39 bits per heavy atom. The summed E-state index contributed by atoms with van der Waals surface area (Å²) in [6.07, 6.45) is 4.60. The number of ether oxygens (including phenoxy) is 1. The van der Waals surface area contributed by atoms with Crippen LogP contribution >= 0.6 is 0 Å². The van der Waals surface area contributed by atoms with Crippen molar-refractivity contribution >= 4 is 18.0 Å². The minimum absolute atomic E-state index is 0.0863. The van der Waals surface area contributed by atoms with Gasteiger partial charge in [-0.25, -0.2) is 4.79 Å². The maximum Gasteiger partial charge on any atom is 0.328 e. The Kier molecular flexibility index (Phi) is 4.12. The summed E-state index contributed by atoms with van der Waals surface area (Å²) in [5.41, 5.74) is 1.06. The average molecular weight is 245 g/mol. The molecule has 18 heavy (non-hydrogen) atoms. The van der Waals surface area contributed by atoms with Crippen LogP contribution in [0, 0.1) is 0 Å². The second-order valence-electron chi connectivity index (χ2n) is 4.10. The highest BCUT2D eigenvalue weighted by Crippen LogP contribution is 2.08. The molecule has 1 aliphatic heterocycles. The number of nitrogens with one attached hydrogen (secondary N) is 1. The van der Waals surface area contributed by atoms with Crippen molar-refractivity contribution in [2.24, 2.45) is 0 Å². The van der Waals surface area contributed by atoms with Crippen LogP contribution in [-0.2, 0) is 14.3 Å². The zero-order valence-electron chi connectivity index (χ0n) is 9.96. The first-order valence-corrected chi connectivity index (χ1v) is 5.93. The summed E-state index contributed by atoms with van der Waals surface area (Å²) >= 11 is 0. The van der Waals surface area contributed by atoms with Crippen LogP contribution < -0.4 is 5.32 Å². The number of carbonyl (C=O) groups excluding carboxylic acids is 2. The van der Waals surface area contributed by atoms with E-state index < -0.39 is 6.04 Å². The Hall–Kier alpha value is -2.10. The molecule has 0 unspecified atom stereocenters. The number of hydrogen-bond donors (Lipinski definition) is 1. The van der Waals surface area contributed by atoms with E-state index in [1.807, 2.05) is 36.4 Å². The summed E-state index contributed by atoms with van der Waals surface area (Å²) in [5.74, 6) is -0.449. The van der Waals surface area contributed by atoms with E-state index in [0.29, 0.717) is 12.8 Å². The Labute approximate surface area is 106 Å². The summed E-state index contributed by atoms with van der Waals surface area (Å²) in [6.45, 7) is 0.222. The lowest BCUT2D eigenvalue weighted by Gasteiger charge is -2.08. The Morgan fingerprint density at radius 3 is 2.83 bits per heavy atom. The Balaban J connectivity index is 1.74. The van der Waals surface area contributed by atoms with Crippen molar-refractivity contribution in [2.45, 2.75) is 18.9 Å². The van der Waals surface area contributed by atoms with Crippen molar-refractivity contribution < 1.29 is 14.3 Å². The number of esters is 1. The standard InChI is InChI=1S/C14H15NO3/c16-13-9-8-12(15-13)14(17)18-10-4-7-11-5-2-1-3-6-11/h1-7,12H,8-10H2,(H,15,16)/b7-4+/t12-/m0/s1. The molecular weight excluding hydrogens is 230 g/mol. The molecule has 0 bridgehead atoms. The minimum atomic E-state index is -0.470. The largest absolute Gasteiger partial charge is 0.460 e. The lowest BCUT2D eigenvalue weighted by Crippen LogP contribution is -2.34. The Morgan fingerprint density at radius 2 is 2.17 bits per heavy atom. The summed E-state index contributed by atoms with van der Waals surface area (Å²) in [6, 6.07) is 9.30. The van der Waals surface area contributed by atoms with Gasteiger partial charge in [-0.1, -0.05) is 36.4 Å². The van der Waals surface area contributed by atoms with Crippen LogP contribution in [-0.4, -0.2) is 24.5 Å². The van der Waals surface area contributed by atoms with E-state index in [4.69, 9.17) is 4.74 Å². The number of benzene rings is 1. The molecule has 0 aromatic heterocycles. The van der Waals surface area contributed by atoms with Gasteiger partial charge < -0.3 is 10.1 Å². The van der Waals surface area contributed by atoms with Gasteiger partial charge in [0.15, 0.2) is 0 Å². The Bertz CT molecular complexity index is 453. The van der Waals surface area contributed by atoms with Crippen LogP contribution in [0.3, 0.4) is 0 Å². The molecule has 1 amide bonds. The average Bonchev–Trinajstić information content (AvgIpc) is 2.82. The maximum absolute atomic E-state index is 11.5. The second-order valence-corrected chi connectivity index (χ2v) is 4.10. The van der Waals surface area contributed by atoms with Crippen molar-refractivity contribution in [1.29, 1.82) is 0 Å². The molecule has 4 nitrogen and oxygen atoms in total. The van der Waals surface area contributed by atoms with Crippen molar-refractivity contribution in [2.75, 3.05) is 6.61 Å².